The number of halogens is 2. The molecule has 0 bridgehead atoms. The maximum absolute atomic E-state index is 14.1. The number of methoxy groups -OCH3 is 1. The molecule has 4 rings (SSSR count). The van der Waals surface area contributed by atoms with Crippen LogP contribution in [-0.2, 0) is 20.0 Å². The van der Waals surface area contributed by atoms with E-state index in [9.17, 15) is 9.18 Å². The number of aryl methyl sites for hydroxylation is 1. The van der Waals surface area contributed by atoms with E-state index in [-0.39, 0.29) is 24.4 Å². The van der Waals surface area contributed by atoms with Crippen LogP contribution in [-0.4, -0.2) is 32.7 Å². The van der Waals surface area contributed by atoms with Crippen molar-refractivity contribution in [2.24, 2.45) is 7.05 Å². The van der Waals surface area contributed by atoms with Gasteiger partial charge in [-0.15, -0.1) is 0 Å². The van der Waals surface area contributed by atoms with E-state index in [2.05, 4.69) is 10.1 Å². The van der Waals surface area contributed by atoms with Gasteiger partial charge in [-0.2, -0.15) is 5.10 Å². The van der Waals surface area contributed by atoms with Gasteiger partial charge in [-0.1, -0.05) is 29.8 Å². The maximum Gasteiger partial charge on any atom is 0.255 e. The number of carbonyl (C=O) groups excluding carboxylic acids is 1. The molecule has 3 aromatic rings. The van der Waals surface area contributed by atoms with Crippen molar-refractivity contribution >= 4 is 17.5 Å². The highest BCUT2D eigenvalue weighted by Crippen LogP contribution is 2.38. The van der Waals surface area contributed by atoms with Crippen LogP contribution in [0.4, 0.5) is 4.39 Å². The van der Waals surface area contributed by atoms with E-state index in [4.69, 9.17) is 16.3 Å². The third kappa shape index (κ3) is 3.11. The largest absolute Gasteiger partial charge is 0.479 e. The van der Waals surface area contributed by atoms with Crippen molar-refractivity contribution in [3.8, 4) is 5.88 Å². The molecule has 0 saturated carbocycles. The second-order valence-electron chi connectivity index (χ2n) is 6.64. The van der Waals surface area contributed by atoms with E-state index in [0.717, 1.165) is 11.3 Å². The fraction of sp³-hybridized carbons (Fsp3) is 0.250. The first-order valence-corrected chi connectivity index (χ1v) is 9.12. The van der Waals surface area contributed by atoms with Crippen LogP contribution in [0, 0.1) is 5.82 Å². The van der Waals surface area contributed by atoms with Crippen LogP contribution in [0.25, 0.3) is 0 Å². The molecule has 3 heterocycles. The monoisotopic (exact) mass is 400 g/mol. The Labute approximate surface area is 166 Å². The summed E-state index contributed by atoms with van der Waals surface area (Å²) in [4.78, 5) is 18.7. The molecule has 144 valence electrons. The molecule has 28 heavy (non-hydrogen) atoms. The molecule has 1 aliphatic rings. The second-order valence-corrected chi connectivity index (χ2v) is 7.04. The SMILES string of the molecule is COc1ncc(CN2C(=O)c3ccccc3C2Cc2c(Cl)cnn2C)cc1F. The van der Waals surface area contributed by atoms with E-state index < -0.39 is 5.82 Å². The van der Waals surface area contributed by atoms with Gasteiger partial charge in [0.05, 0.1) is 30.1 Å². The number of aromatic nitrogens is 3. The van der Waals surface area contributed by atoms with Gasteiger partial charge in [-0.25, -0.2) is 9.37 Å². The van der Waals surface area contributed by atoms with Crippen LogP contribution in [0.2, 0.25) is 5.02 Å². The van der Waals surface area contributed by atoms with Gasteiger partial charge in [0.15, 0.2) is 5.82 Å². The quantitative estimate of drug-likeness (QED) is 0.657. The van der Waals surface area contributed by atoms with Crippen LogP contribution >= 0.6 is 11.6 Å². The van der Waals surface area contributed by atoms with Crippen LogP contribution in [0.5, 0.6) is 5.88 Å². The van der Waals surface area contributed by atoms with Crippen molar-refractivity contribution in [3.63, 3.8) is 0 Å². The molecule has 0 saturated heterocycles. The number of amides is 1. The molecule has 0 radical (unpaired) electrons. The van der Waals surface area contributed by atoms with Gasteiger partial charge < -0.3 is 9.64 Å². The van der Waals surface area contributed by atoms with Crippen LogP contribution < -0.4 is 4.74 Å². The fourth-order valence-electron chi connectivity index (χ4n) is 3.60. The summed E-state index contributed by atoms with van der Waals surface area (Å²) in [6.45, 7) is 0.224. The minimum Gasteiger partial charge on any atom is -0.479 e. The molecule has 0 spiro atoms. The minimum absolute atomic E-state index is 0.0713. The Bertz CT molecular complexity index is 1030. The Morgan fingerprint density at radius 1 is 1.29 bits per heavy atom. The summed E-state index contributed by atoms with van der Waals surface area (Å²) in [6, 6.07) is 8.60. The summed E-state index contributed by atoms with van der Waals surface area (Å²) in [7, 11) is 3.18. The Morgan fingerprint density at radius 2 is 2.07 bits per heavy atom. The summed E-state index contributed by atoms with van der Waals surface area (Å²) in [5, 5.41) is 4.73. The summed E-state index contributed by atoms with van der Waals surface area (Å²) in [5.41, 5.74) is 2.99. The predicted molar refractivity (Wildman–Crippen MR) is 102 cm³/mol. The van der Waals surface area contributed by atoms with E-state index >= 15 is 0 Å². The predicted octanol–water partition coefficient (Wildman–Crippen LogP) is 3.56. The van der Waals surface area contributed by atoms with Crippen molar-refractivity contribution in [2.75, 3.05) is 7.11 Å². The number of ether oxygens (including phenoxy) is 1. The third-order valence-corrected chi connectivity index (χ3v) is 5.31. The van der Waals surface area contributed by atoms with E-state index in [1.807, 2.05) is 31.3 Å². The number of benzene rings is 1. The van der Waals surface area contributed by atoms with Gasteiger partial charge in [-0.3, -0.25) is 9.48 Å². The Balaban J connectivity index is 1.70. The number of pyridine rings is 1. The van der Waals surface area contributed by atoms with Crippen molar-refractivity contribution in [1.29, 1.82) is 0 Å². The lowest BCUT2D eigenvalue weighted by Gasteiger charge is -2.26. The number of hydrogen-bond acceptors (Lipinski definition) is 4. The first-order chi connectivity index (χ1) is 13.5. The van der Waals surface area contributed by atoms with Gasteiger partial charge in [0, 0.05) is 31.8 Å². The number of carbonyl (C=O) groups is 1. The summed E-state index contributed by atoms with van der Waals surface area (Å²) < 4.78 is 20.6. The molecule has 0 N–H and O–H groups in total. The number of nitrogens with zero attached hydrogens (tertiary/aromatic N) is 4. The highest BCUT2D eigenvalue weighted by Gasteiger charge is 2.37. The molecular weight excluding hydrogens is 383 g/mol. The highest BCUT2D eigenvalue weighted by atomic mass is 35.5. The minimum atomic E-state index is -0.560. The van der Waals surface area contributed by atoms with E-state index in [1.165, 1.54) is 19.4 Å². The molecule has 1 unspecified atom stereocenters. The third-order valence-electron chi connectivity index (χ3n) is 4.99. The van der Waals surface area contributed by atoms with Crippen LogP contribution in [0.1, 0.15) is 33.2 Å². The van der Waals surface area contributed by atoms with Crippen molar-refractivity contribution in [2.45, 2.75) is 19.0 Å². The zero-order valence-electron chi connectivity index (χ0n) is 15.4. The lowest BCUT2D eigenvalue weighted by molar-refractivity contribution is 0.0707. The average Bonchev–Trinajstić information content (AvgIpc) is 3.14. The standard InChI is InChI=1S/C20H18ClFN4O2/c1-25-18(15(21)10-24-25)8-17-13-5-3-4-6-14(13)20(27)26(17)11-12-7-16(22)19(28-2)23-9-12/h3-7,9-10,17H,8,11H2,1-2H3. The number of rotatable bonds is 5. The Hall–Kier alpha value is -2.93. The molecule has 1 aliphatic heterocycles. The summed E-state index contributed by atoms with van der Waals surface area (Å²) >= 11 is 6.29. The Morgan fingerprint density at radius 3 is 2.75 bits per heavy atom. The molecule has 0 aliphatic carbocycles. The van der Waals surface area contributed by atoms with Crippen LogP contribution in [0.3, 0.4) is 0 Å². The molecule has 1 aromatic carbocycles. The van der Waals surface area contributed by atoms with Gasteiger partial charge in [0.1, 0.15) is 0 Å². The van der Waals surface area contributed by atoms with Gasteiger partial charge in [0.2, 0.25) is 5.88 Å². The van der Waals surface area contributed by atoms with Gasteiger partial charge in [-0.05, 0) is 23.3 Å². The zero-order chi connectivity index (χ0) is 19.8. The summed E-state index contributed by atoms with van der Waals surface area (Å²) in [5.74, 6) is -0.733. The number of fused-ring (bicyclic) bond motifs is 1. The smallest absolute Gasteiger partial charge is 0.255 e. The lowest BCUT2D eigenvalue weighted by Crippen LogP contribution is -2.29. The fourth-order valence-corrected chi connectivity index (χ4v) is 3.84. The first kappa shape index (κ1) is 18.4. The van der Waals surface area contributed by atoms with E-state index in [1.54, 1.807) is 15.8 Å². The molecule has 8 heteroatoms. The van der Waals surface area contributed by atoms with Crippen LogP contribution in [0.15, 0.2) is 42.7 Å². The lowest BCUT2D eigenvalue weighted by atomic mass is 10.0. The van der Waals surface area contributed by atoms with Crippen molar-refractivity contribution in [1.82, 2.24) is 19.7 Å². The van der Waals surface area contributed by atoms with Crippen molar-refractivity contribution in [3.05, 3.63) is 75.9 Å². The molecule has 1 atom stereocenters. The molecule has 6 nitrogen and oxygen atoms in total. The molecular formula is C20H18ClFN4O2. The average molecular weight is 401 g/mol. The van der Waals surface area contributed by atoms with Crippen molar-refractivity contribution < 1.29 is 13.9 Å². The topological polar surface area (TPSA) is 60.2 Å². The number of hydrogen-bond donors (Lipinski definition) is 0. The highest BCUT2D eigenvalue weighted by molar-refractivity contribution is 6.31. The van der Waals surface area contributed by atoms with Gasteiger partial charge in [0.25, 0.3) is 5.91 Å². The zero-order valence-corrected chi connectivity index (χ0v) is 16.2. The molecule has 2 aromatic heterocycles. The normalized spacial score (nSPS) is 15.8. The second kappa shape index (κ2) is 7.24. The maximum atomic E-state index is 14.1. The first-order valence-electron chi connectivity index (χ1n) is 8.74. The summed E-state index contributed by atoms with van der Waals surface area (Å²) in [6.07, 6.45) is 3.61. The molecule has 0 fully saturated rings. The van der Waals surface area contributed by atoms with Gasteiger partial charge >= 0.3 is 0 Å². The molecule has 1 amide bonds. The van der Waals surface area contributed by atoms with E-state index in [0.29, 0.717) is 22.6 Å². The Kier molecular flexibility index (Phi) is 4.77.